The molecular formula is C15H15NO3. The van der Waals surface area contributed by atoms with Crippen LogP contribution in [0.15, 0.2) is 42.5 Å². The van der Waals surface area contributed by atoms with Crippen LogP contribution in [0.2, 0.25) is 0 Å². The maximum atomic E-state index is 12.0. The number of aromatic hydroxyl groups is 1. The van der Waals surface area contributed by atoms with E-state index >= 15 is 0 Å². The Bertz CT molecular complexity index is 608. The number of aryl methyl sites for hydroxylation is 1. The van der Waals surface area contributed by atoms with Crippen LogP contribution in [-0.4, -0.2) is 18.1 Å². The van der Waals surface area contributed by atoms with Crippen LogP contribution in [0.3, 0.4) is 0 Å². The van der Waals surface area contributed by atoms with Crippen LogP contribution < -0.4 is 10.1 Å². The molecule has 0 saturated carbocycles. The van der Waals surface area contributed by atoms with E-state index in [1.165, 1.54) is 19.2 Å². The van der Waals surface area contributed by atoms with E-state index in [2.05, 4.69) is 5.32 Å². The summed E-state index contributed by atoms with van der Waals surface area (Å²) in [4.78, 5) is 12.0. The van der Waals surface area contributed by atoms with Gasteiger partial charge in [-0.1, -0.05) is 12.1 Å². The van der Waals surface area contributed by atoms with Crippen LogP contribution in [-0.2, 0) is 0 Å². The second-order valence-electron chi connectivity index (χ2n) is 4.21. The molecule has 0 aliphatic carbocycles. The quantitative estimate of drug-likeness (QED) is 0.888. The molecule has 2 aromatic rings. The molecule has 19 heavy (non-hydrogen) atoms. The van der Waals surface area contributed by atoms with Gasteiger partial charge in [-0.15, -0.1) is 0 Å². The Morgan fingerprint density at radius 3 is 2.63 bits per heavy atom. The number of carbonyl (C=O) groups excluding carboxylic acids is 1. The fraction of sp³-hybridized carbons (Fsp3) is 0.133. The molecule has 0 aliphatic rings. The molecule has 0 spiro atoms. The zero-order valence-corrected chi connectivity index (χ0v) is 10.8. The molecule has 0 unspecified atom stereocenters. The summed E-state index contributed by atoms with van der Waals surface area (Å²) >= 11 is 0. The second kappa shape index (κ2) is 5.44. The molecule has 1 amide bonds. The van der Waals surface area contributed by atoms with Crippen LogP contribution in [0.4, 0.5) is 5.69 Å². The van der Waals surface area contributed by atoms with Gasteiger partial charge in [0.05, 0.1) is 12.7 Å². The molecule has 4 nitrogen and oxygen atoms in total. The van der Waals surface area contributed by atoms with Gasteiger partial charge in [0.2, 0.25) is 0 Å². The monoisotopic (exact) mass is 257 g/mol. The summed E-state index contributed by atoms with van der Waals surface area (Å²) in [5.41, 5.74) is 1.96. The zero-order chi connectivity index (χ0) is 13.8. The first kappa shape index (κ1) is 13.0. The Kier molecular flexibility index (Phi) is 3.71. The highest BCUT2D eigenvalue weighted by Crippen LogP contribution is 2.24. The first-order valence-electron chi connectivity index (χ1n) is 5.85. The lowest BCUT2D eigenvalue weighted by atomic mass is 10.1. The Morgan fingerprint density at radius 1 is 1.21 bits per heavy atom. The van der Waals surface area contributed by atoms with E-state index in [1.807, 2.05) is 25.1 Å². The highest BCUT2D eigenvalue weighted by Gasteiger charge is 2.12. The average molecular weight is 257 g/mol. The summed E-state index contributed by atoms with van der Waals surface area (Å²) < 4.78 is 4.97. The van der Waals surface area contributed by atoms with Crippen molar-refractivity contribution >= 4 is 11.6 Å². The fourth-order valence-electron chi connectivity index (χ4n) is 1.75. The normalized spacial score (nSPS) is 10.0. The van der Waals surface area contributed by atoms with E-state index in [0.29, 0.717) is 11.4 Å². The van der Waals surface area contributed by atoms with Crippen molar-refractivity contribution in [2.75, 3.05) is 12.4 Å². The summed E-state index contributed by atoms with van der Waals surface area (Å²) in [7, 11) is 1.50. The summed E-state index contributed by atoms with van der Waals surface area (Å²) in [6.07, 6.45) is 0. The Labute approximate surface area is 111 Å². The number of ether oxygens (including phenoxy) is 1. The van der Waals surface area contributed by atoms with Crippen LogP contribution in [0.25, 0.3) is 0 Å². The molecule has 0 aliphatic heterocycles. The largest absolute Gasteiger partial charge is 0.507 e. The van der Waals surface area contributed by atoms with Gasteiger partial charge in [0.15, 0.2) is 0 Å². The number of phenolic OH excluding ortho intramolecular Hbond substituents is 1. The van der Waals surface area contributed by atoms with Crippen molar-refractivity contribution in [1.29, 1.82) is 0 Å². The van der Waals surface area contributed by atoms with Gasteiger partial charge < -0.3 is 15.2 Å². The number of amides is 1. The summed E-state index contributed by atoms with van der Waals surface area (Å²) in [5, 5.41) is 12.5. The van der Waals surface area contributed by atoms with Crippen LogP contribution in [0.5, 0.6) is 11.5 Å². The summed E-state index contributed by atoms with van der Waals surface area (Å²) in [5.74, 6) is 0.0415. The SMILES string of the molecule is COc1ccc(C(=O)Nc2cccc(C)c2)c(O)c1. The molecule has 2 rings (SSSR count). The smallest absolute Gasteiger partial charge is 0.259 e. The van der Waals surface area contributed by atoms with Gasteiger partial charge in [-0.05, 0) is 36.8 Å². The zero-order valence-electron chi connectivity index (χ0n) is 10.8. The van der Waals surface area contributed by atoms with Crippen LogP contribution in [0, 0.1) is 6.92 Å². The number of nitrogens with one attached hydrogen (secondary N) is 1. The fourth-order valence-corrected chi connectivity index (χ4v) is 1.75. The van der Waals surface area contributed by atoms with Gasteiger partial charge in [0.25, 0.3) is 5.91 Å². The molecular weight excluding hydrogens is 242 g/mol. The maximum Gasteiger partial charge on any atom is 0.259 e. The van der Waals surface area contributed by atoms with E-state index in [4.69, 9.17) is 4.74 Å². The predicted molar refractivity (Wildman–Crippen MR) is 73.8 cm³/mol. The number of anilines is 1. The number of carbonyl (C=O) groups is 1. The highest BCUT2D eigenvalue weighted by molar-refractivity contribution is 6.06. The molecule has 2 N–H and O–H groups in total. The molecule has 0 bridgehead atoms. The molecule has 0 atom stereocenters. The third kappa shape index (κ3) is 3.04. The molecule has 4 heteroatoms. The van der Waals surface area contributed by atoms with Gasteiger partial charge in [-0.25, -0.2) is 0 Å². The van der Waals surface area contributed by atoms with E-state index in [1.54, 1.807) is 12.1 Å². The van der Waals surface area contributed by atoms with Crippen molar-refractivity contribution in [3.63, 3.8) is 0 Å². The minimum absolute atomic E-state index is 0.107. The summed E-state index contributed by atoms with van der Waals surface area (Å²) in [6.45, 7) is 1.94. The van der Waals surface area contributed by atoms with Gasteiger partial charge in [-0.2, -0.15) is 0 Å². The lowest BCUT2D eigenvalue weighted by molar-refractivity contribution is 0.102. The molecule has 2 aromatic carbocycles. The van der Waals surface area contributed by atoms with Crippen molar-refractivity contribution in [3.8, 4) is 11.5 Å². The number of phenols is 1. The lowest BCUT2D eigenvalue weighted by Gasteiger charge is -2.08. The first-order chi connectivity index (χ1) is 9.10. The maximum absolute atomic E-state index is 12.0. The number of rotatable bonds is 3. The average Bonchev–Trinajstić information content (AvgIpc) is 2.38. The van der Waals surface area contributed by atoms with E-state index < -0.39 is 0 Å². The van der Waals surface area contributed by atoms with E-state index in [0.717, 1.165) is 5.56 Å². The van der Waals surface area contributed by atoms with Gasteiger partial charge in [0, 0.05) is 11.8 Å². The Morgan fingerprint density at radius 2 is 2.00 bits per heavy atom. The number of benzene rings is 2. The molecule has 0 heterocycles. The standard InChI is InChI=1S/C15H15NO3/c1-10-4-3-5-11(8-10)16-15(18)13-7-6-12(19-2)9-14(13)17/h3-9,17H,1-2H3,(H,16,18). The van der Waals surface area contributed by atoms with Crippen molar-refractivity contribution < 1.29 is 14.6 Å². The van der Waals surface area contributed by atoms with E-state index in [-0.39, 0.29) is 17.2 Å². The topological polar surface area (TPSA) is 58.6 Å². The minimum atomic E-state index is -0.356. The second-order valence-corrected chi connectivity index (χ2v) is 4.21. The predicted octanol–water partition coefficient (Wildman–Crippen LogP) is 2.96. The van der Waals surface area contributed by atoms with Crippen LogP contribution in [0.1, 0.15) is 15.9 Å². The summed E-state index contributed by atoms with van der Waals surface area (Å²) in [6, 6.07) is 12.0. The third-order valence-corrected chi connectivity index (χ3v) is 2.73. The number of methoxy groups -OCH3 is 1. The highest BCUT2D eigenvalue weighted by atomic mass is 16.5. The van der Waals surface area contributed by atoms with Crippen molar-refractivity contribution in [3.05, 3.63) is 53.6 Å². The first-order valence-corrected chi connectivity index (χ1v) is 5.85. The Balaban J connectivity index is 2.20. The van der Waals surface area contributed by atoms with Crippen LogP contribution >= 0.6 is 0 Å². The molecule has 0 saturated heterocycles. The number of hydrogen-bond acceptors (Lipinski definition) is 3. The minimum Gasteiger partial charge on any atom is -0.507 e. The van der Waals surface area contributed by atoms with Gasteiger partial charge >= 0.3 is 0 Å². The van der Waals surface area contributed by atoms with Crippen molar-refractivity contribution in [2.24, 2.45) is 0 Å². The van der Waals surface area contributed by atoms with Gasteiger partial charge in [0.1, 0.15) is 11.5 Å². The third-order valence-electron chi connectivity index (χ3n) is 2.73. The van der Waals surface area contributed by atoms with E-state index in [9.17, 15) is 9.90 Å². The van der Waals surface area contributed by atoms with Crippen molar-refractivity contribution in [2.45, 2.75) is 6.92 Å². The molecule has 98 valence electrons. The van der Waals surface area contributed by atoms with Gasteiger partial charge in [-0.3, -0.25) is 4.79 Å². The number of hydrogen-bond donors (Lipinski definition) is 2. The molecule has 0 radical (unpaired) electrons. The Hall–Kier alpha value is -2.49. The van der Waals surface area contributed by atoms with Crippen molar-refractivity contribution in [1.82, 2.24) is 0 Å². The molecule has 0 aromatic heterocycles. The molecule has 0 fully saturated rings. The lowest BCUT2D eigenvalue weighted by Crippen LogP contribution is -2.12.